The van der Waals surface area contributed by atoms with E-state index in [4.69, 9.17) is 4.74 Å². The van der Waals surface area contributed by atoms with Crippen LogP contribution in [0.5, 0.6) is 5.75 Å². The molecule has 98 valence electrons. The van der Waals surface area contributed by atoms with Crippen molar-refractivity contribution in [1.29, 1.82) is 0 Å². The van der Waals surface area contributed by atoms with Crippen molar-refractivity contribution < 1.29 is 14.3 Å². The normalized spacial score (nSPS) is 10.3. The Morgan fingerprint density at radius 2 is 1.79 bits per heavy atom. The van der Waals surface area contributed by atoms with Gasteiger partial charge in [-0.25, -0.2) is 4.79 Å². The van der Waals surface area contributed by atoms with Gasteiger partial charge in [-0.05, 0) is 69.1 Å². The zero-order chi connectivity index (χ0) is 14.0. The Hall–Kier alpha value is -0.980. The van der Waals surface area contributed by atoms with Crippen LogP contribution in [0.15, 0.2) is 38.6 Å². The summed E-state index contributed by atoms with van der Waals surface area (Å²) in [4.78, 5) is 23.5. The molecule has 0 bridgehead atoms. The standard InChI is InChI=1S/C13H8Br2O3S/c1-7(16)8-2-4-9(5-3-8)18-13(17)11-6-10(14)12(15)19-11/h2-6H,1H3. The van der Waals surface area contributed by atoms with Crippen molar-refractivity contribution in [2.45, 2.75) is 6.92 Å². The number of carbonyl (C=O) groups excluding carboxylic acids is 2. The highest BCUT2D eigenvalue weighted by Crippen LogP contribution is 2.32. The van der Waals surface area contributed by atoms with E-state index in [1.165, 1.54) is 18.3 Å². The quantitative estimate of drug-likeness (QED) is 0.424. The van der Waals surface area contributed by atoms with Crippen LogP contribution in [0.1, 0.15) is 27.0 Å². The summed E-state index contributed by atoms with van der Waals surface area (Å²) in [5.41, 5.74) is 0.585. The molecule has 1 heterocycles. The number of halogens is 2. The lowest BCUT2D eigenvalue weighted by Crippen LogP contribution is -2.06. The number of hydrogen-bond donors (Lipinski definition) is 0. The van der Waals surface area contributed by atoms with Gasteiger partial charge in [0.2, 0.25) is 0 Å². The lowest BCUT2D eigenvalue weighted by molar-refractivity contribution is 0.0739. The minimum absolute atomic E-state index is 0.0241. The van der Waals surface area contributed by atoms with E-state index >= 15 is 0 Å². The summed E-state index contributed by atoms with van der Waals surface area (Å²) < 4.78 is 6.88. The van der Waals surface area contributed by atoms with Crippen LogP contribution in [0.2, 0.25) is 0 Å². The Balaban J connectivity index is 2.12. The van der Waals surface area contributed by atoms with Gasteiger partial charge in [-0.1, -0.05) is 0 Å². The molecule has 0 fully saturated rings. The fourth-order valence-corrected chi connectivity index (χ4v) is 3.27. The molecule has 0 aliphatic carbocycles. The first-order chi connectivity index (χ1) is 8.97. The second kappa shape index (κ2) is 5.98. The van der Waals surface area contributed by atoms with E-state index in [1.807, 2.05) is 0 Å². The lowest BCUT2D eigenvalue weighted by Gasteiger charge is -2.03. The fourth-order valence-electron chi connectivity index (χ4n) is 1.36. The number of ketones is 1. The third-order valence-corrected chi connectivity index (χ3v) is 5.55. The highest BCUT2D eigenvalue weighted by atomic mass is 79.9. The Morgan fingerprint density at radius 1 is 1.16 bits per heavy atom. The molecule has 0 aliphatic heterocycles. The van der Waals surface area contributed by atoms with Gasteiger partial charge >= 0.3 is 5.97 Å². The van der Waals surface area contributed by atoms with Crippen molar-refractivity contribution in [1.82, 2.24) is 0 Å². The van der Waals surface area contributed by atoms with Gasteiger partial charge in [-0.15, -0.1) is 11.3 Å². The lowest BCUT2D eigenvalue weighted by atomic mass is 10.1. The van der Waals surface area contributed by atoms with Gasteiger partial charge in [0.15, 0.2) is 5.78 Å². The summed E-state index contributed by atoms with van der Waals surface area (Å²) in [6.45, 7) is 1.49. The van der Waals surface area contributed by atoms with Crippen LogP contribution in [-0.4, -0.2) is 11.8 Å². The molecule has 0 spiro atoms. The highest BCUT2D eigenvalue weighted by molar-refractivity contribution is 9.13. The number of Topliss-reactive ketones (excluding diaryl/α,β-unsaturated/α-hetero) is 1. The van der Waals surface area contributed by atoms with Crippen molar-refractivity contribution in [3.63, 3.8) is 0 Å². The van der Waals surface area contributed by atoms with E-state index in [9.17, 15) is 9.59 Å². The van der Waals surface area contributed by atoms with Crippen LogP contribution in [0.4, 0.5) is 0 Å². The number of carbonyl (C=O) groups is 2. The smallest absolute Gasteiger partial charge is 0.353 e. The minimum Gasteiger partial charge on any atom is -0.422 e. The van der Waals surface area contributed by atoms with Crippen molar-refractivity contribution in [3.8, 4) is 5.75 Å². The summed E-state index contributed by atoms with van der Waals surface area (Å²) in [6, 6.07) is 8.16. The molecule has 2 rings (SSSR count). The molecule has 0 saturated heterocycles. The van der Waals surface area contributed by atoms with Gasteiger partial charge in [-0.2, -0.15) is 0 Å². The number of rotatable bonds is 3. The second-order valence-electron chi connectivity index (χ2n) is 3.70. The van der Waals surface area contributed by atoms with E-state index in [-0.39, 0.29) is 5.78 Å². The zero-order valence-corrected chi connectivity index (χ0v) is 13.8. The summed E-state index contributed by atoms with van der Waals surface area (Å²) in [6.07, 6.45) is 0. The van der Waals surface area contributed by atoms with Gasteiger partial charge in [0.25, 0.3) is 0 Å². The summed E-state index contributed by atoms with van der Waals surface area (Å²) in [5, 5.41) is 0. The van der Waals surface area contributed by atoms with E-state index in [0.717, 1.165) is 8.26 Å². The molecular formula is C13H8Br2O3S. The minimum atomic E-state index is -0.424. The SMILES string of the molecule is CC(=O)c1ccc(OC(=O)c2cc(Br)c(Br)s2)cc1. The Morgan fingerprint density at radius 3 is 2.26 bits per heavy atom. The Labute approximate surface area is 130 Å². The van der Waals surface area contributed by atoms with Crippen LogP contribution in [0.3, 0.4) is 0 Å². The third kappa shape index (κ3) is 3.52. The molecule has 19 heavy (non-hydrogen) atoms. The maximum Gasteiger partial charge on any atom is 0.353 e. The molecule has 2 aromatic rings. The zero-order valence-electron chi connectivity index (χ0n) is 9.78. The molecule has 1 aromatic carbocycles. The first-order valence-electron chi connectivity index (χ1n) is 5.25. The molecule has 0 atom stereocenters. The summed E-state index contributed by atoms with van der Waals surface area (Å²) >= 11 is 7.93. The van der Waals surface area contributed by atoms with Crippen LogP contribution in [0.25, 0.3) is 0 Å². The average Bonchev–Trinajstić information content (AvgIpc) is 2.70. The molecular weight excluding hydrogens is 396 g/mol. The van der Waals surface area contributed by atoms with Gasteiger partial charge in [0.05, 0.1) is 3.79 Å². The van der Waals surface area contributed by atoms with Crippen molar-refractivity contribution in [3.05, 3.63) is 49.0 Å². The maximum atomic E-state index is 11.9. The average molecular weight is 404 g/mol. The summed E-state index contributed by atoms with van der Waals surface area (Å²) in [5.74, 6) is -0.0355. The van der Waals surface area contributed by atoms with E-state index in [2.05, 4.69) is 31.9 Å². The van der Waals surface area contributed by atoms with Gasteiger partial charge in [0, 0.05) is 10.0 Å². The number of ether oxygens (including phenoxy) is 1. The van der Waals surface area contributed by atoms with Crippen LogP contribution >= 0.6 is 43.2 Å². The molecule has 0 radical (unpaired) electrons. The topological polar surface area (TPSA) is 43.4 Å². The van der Waals surface area contributed by atoms with Crippen LogP contribution < -0.4 is 4.74 Å². The molecule has 3 nitrogen and oxygen atoms in total. The molecule has 0 aliphatic rings. The number of thiophene rings is 1. The largest absolute Gasteiger partial charge is 0.422 e. The fraction of sp³-hybridized carbons (Fsp3) is 0.0769. The third-order valence-electron chi connectivity index (χ3n) is 2.32. The molecule has 0 unspecified atom stereocenters. The van der Waals surface area contributed by atoms with Gasteiger partial charge in [0.1, 0.15) is 10.6 Å². The summed E-state index contributed by atoms with van der Waals surface area (Å²) in [7, 11) is 0. The number of hydrogen-bond acceptors (Lipinski definition) is 4. The molecule has 0 amide bonds. The molecule has 0 N–H and O–H groups in total. The first kappa shape index (κ1) is 14.4. The Kier molecular flexibility index (Phi) is 4.54. The molecule has 1 aromatic heterocycles. The van der Waals surface area contributed by atoms with E-state index in [1.54, 1.807) is 30.3 Å². The van der Waals surface area contributed by atoms with Crippen LogP contribution in [0, 0.1) is 0 Å². The molecule has 6 heteroatoms. The van der Waals surface area contributed by atoms with Crippen molar-refractivity contribution >= 4 is 54.9 Å². The van der Waals surface area contributed by atoms with Gasteiger partial charge in [-0.3, -0.25) is 4.79 Å². The van der Waals surface area contributed by atoms with E-state index in [0.29, 0.717) is 16.2 Å². The first-order valence-corrected chi connectivity index (χ1v) is 7.65. The Bertz CT molecular complexity index is 612. The van der Waals surface area contributed by atoms with Crippen LogP contribution in [-0.2, 0) is 0 Å². The van der Waals surface area contributed by atoms with Gasteiger partial charge < -0.3 is 4.74 Å². The van der Waals surface area contributed by atoms with Crippen molar-refractivity contribution in [2.24, 2.45) is 0 Å². The number of esters is 1. The van der Waals surface area contributed by atoms with Crippen molar-refractivity contribution in [2.75, 3.05) is 0 Å². The predicted octanol–water partition coefficient (Wildman–Crippen LogP) is 4.69. The molecule has 0 saturated carbocycles. The predicted molar refractivity (Wildman–Crippen MR) is 81.1 cm³/mol. The van der Waals surface area contributed by atoms with E-state index < -0.39 is 5.97 Å². The maximum absolute atomic E-state index is 11.9. The second-order valence-corrected chi connectivity index (χ2v) is 6.93. The number of benzene rings is 1. The monoisotopic (exact) mass is 402 g/mol. The highest BCUT2D eigenvalue weighted by Gasteiger charge is 2.14.